The van der Waals surface area contributed by atoms with Gasteiger partial charge in [-0.2, -0.15) is 0 Å². The van der Waals surface area contributed by atoms with E-state index in [4.69, 9.17) is 4.42 Å². The highest BCUT2D eigenvalue weighted by atomic mass is 79.9. The number of hydrogen-bond acceptors (Lipinski definition) is 2. The molecule has 1 aliphatic rings. The smallest absolute Gasteiger partial charge is 0.149 e. The molecule has 1 aromatic heterocycles. The Morgan fingerprint density at radius 1 is 0.458 bits per heavy atom. The molecule has 0 saturated carbocycles. The molecule has 3 heteroatoms. The molecule has 48 heavy (non-hydrogen) atoms. The Balaban J connectivity index is 1.16. The van der Waals surface area contributed by atoms with E-state index in [2.05, 4.69) is 186 Å². The minimum Gasteiger partial charge on any atom is -0.454 e. The third-order valence-electron chi connectivity index (χ3n) is 9.97. The quantitative estimate of drug-likeness (QED) is 0.180. The summed E-state index contributed by atoms with van der Waals surface area (Å²) in [6, 6.07) is 56.7. The summed E-state index contributed by atoms with van der Waals surface area (Å²) in [5.41, 5.74) is 15.0. The fourth-order valence-electron chi connectivity index (χ4n) is 7.52. The van der Waals surface area contributed by atoms with Gasteiger partial charge in [0.25, 0.3) is 0 Å². The lowest BCUT2D eigenvalue weighted by molar-refractivity contribution is 0.660. The molecule has 0 spiro atoms. The molecule has 0 amide bonds. The predicted molar refractivity (Wildman–Crippen MR) is 205 cm³/mol. The van der Waals surface area contributed by atoms with Crippen LogP contribution in [0, 0.1) is 0 Å². The lowest BCUT2D eigenvalue weighted by Crippen LogP contribution is -2.16. The fourth-order valence-corrected chi connectivity index (χ4v) is 7.96. The zero-order valence-electron chi connectivity index (χ0n) is 26.7. The molecule has 1 heterocycles. The first-order valence-electron chi connectivity index (χ1n) is 16.4. The molecule has 0 unspecified atom stereocenters. The van der Waals surface area contributed by atoms with Gasteiger partial charge in [-0.1, -0.05) is 129 Å². The topological polar surface area (TPSA) is 16.4 Å². The molecule has 8 aromatic rings. The van der Waals surface area contributed by atoms with Crippen LogP contribution < -0.4 is 4.90 Å². The lowest BCUT2D eigenvalue weighted by atomic mass is 9.82. The number of para-hydroxylation sites is 2. The van der Waals surface area contributed by atoms with Gasteiger partial charge in [-0.05, 0) is 97.3 Å². The van der Waals surface area contributed by atoms with Gasteiger partial charge in [0.1, 0.15) is 11.2 Å². The first-order valence-corrected chi connectivity index (χ1v) is 17.2. The number of furan rings is 1. The summed E-state index contributed by atoms with van der Waals surface area (Å²) in [5, 5.41) is 2.24. The third-order valence-corrected chi connectivity index (χ3v) is 10.6. The van der Waals surface area contributed by atoms with Crippen LogP contribution in [0.15, 0.2) is 167 Å². The summed E-state index contributed by atoms with van der Waals surface area (Å²) < 4.78 is 7.43. The Bertz CT molecular complexity index is 2470. The molecule has 1 aliphatic carbocycles. The van der Waals surface area contributed by atoms with E-state index in [-0.39, 0.29) is 5.41 Å². The van der Waals surface area contributed by atoms with Crippen molar-refractivity contribution in [1.82, 2.24) is 0 Å². The van der Waals surface area contributed by atoms with Gasteiger partial charge in [0.05, 0.1) is 4.47 Å². The molecule has 0 radical (unpaired) electrons. The van der Waals surface area contributed by atoms with Gasteiger partial charge in [-0.15, -0.1) is 0 Å². The number of benzene rings is 7. The Morgan fingerprint density at radius 2 is 1.02 bits per heavy atom. The van der Waals surface area contributed by atoms with E-state index < -0.39 is 0 Å². The molecule has 0 atom stereocenters. The minimum atomic E-state index is -0.0884. The molecule has 7 aromatic carbocycles. The van der Waals surface area contributed by atoms with Crippen LogP contribution in [-0.4, -0.2) is 0 Å². The number of anilines is 3. The van der Waals surface area contributed by atoms with Crippen LogP contribution in [0.2, 0.25) is 0 Å². The maximum absolute atomic E-state index is 6.46. The normalized spacial score (nSPS) is 13.1. The van der Waals surface area contributed by atoms with Gasteiger partial charge in [-0.25, -0.2) is 0 Å². The maximum atomic E-state index is 6.46. The van der Waals surface area contributed by atoms with Gasteiger partial charge < -0.3 is 9.32 Å². The van der Waals surface area contributed by atoms with Crippen molar-refractivity contribution >= 4 is 54.9 Å². The molecule has 0 aliphatic heterocycles. The molecule has 230 valence electrons. The number of nitrogens with zero attached hydrogens (tertiary/aromatic N) is 1. The van der Waals surface area contributed by atoms with E-state index in [0.717, 1.165) is 54.6 Å². The average molecular weight is 683 g/mol. The Labute approximate surface area is 289 Å². The van der Waals surface area contributed by atoms with Crippen molar-refractivity contribution in [2.24, 2.45) is 0 Å². The zero-order valence-corrected chi connectivity index (χ0v) is 28.3. The van der Waals surface area contributed by atoms with Crippen LogP contribution >= 0.6 is 15.9 Å². The van der Waals surface area contributed by atoms with Crippen molar-refractivity contribution in [2.75, 3.05) is 4.90 Å². The van der Waals surface area contributed by atoms with Crippen molar-refractivity contribution in [3.05, 3.63) is 173 Å². The average Bonchev–Trinajstić information content (AvgIpc) is 3.63. The third kappa shape index (κ3) is 4.53. The molecule has 0 fully saturated rings. The first kappa shape index (κ1) is 28.8. The van der Waals surface area contributed by atoms with E-state index in [0.29, 0.717) is 0 Å². The summed E-state index contributed by atoms with van der Waals surface area (Å²) in [6.07, 6.45) is 0. The van der Waals surface area contributed by atoms with Gasteiger partial charge in [0, 0.05) is 38.8 Å². The van der Waals surface area contributed by atoms with Gasteiger partial charge in [-0.3, -0.25) is 0 Å². The van der Waals surface area contributed by atoms with Crippen LogP contribution in [-0.2, 0) is 5.41 Å². The Kier molecular flexibility index (Phi) is 6.67. The second kappa shape index (κ2) is 11.1. The number of rotatable bonds is 5. The predicted octanol–water partition coefficient (Wildman–Crippen LogP) is 13.5. The minimum absolute atomic E-state index is 0.0884. The van der Waals surface area contributed by atoms with E-state index in [1.807, 2.05) is 6.07 Å². The van der Waals surface area contributed by atoms with Crippen molar-refractivity contribution in [3.63, 3.8) is 0 Å². The molecule has 0 bridgehead atoms. The number of hydrogen-bond donors (Lipinski definition) is 0. The first-order chi connectivity index (χ1) is 23.5. The van der Waals surface area contributed by atoms with E-state index in [9.17, 15) is 0 Å². The number of fused-ring (bicyclic) bond motifs is 6. The molecule has 9 rings (SSSR count). The summed E-state index contributed by atoms with van der Waals surface area (Å²) in [5.74, 6) is 0. The van der Waals surface area contributed by atoms with E-state index in [1.54, 1.807) is 0 Å². The van der Waals surface area contributed by atoms with Crippen molar-refractivity contribution in [3.8, 4) is 33.4 Å². The molecular weight excluding hydrogens is 650 g/mol. The summed E-state index contributed by atoms with van der Waals surface area (Å²) in [7, 11) is 0. The second-order valence-electron chi connectivity index (χ2n) is 13.1. The Hall–Kier alpha value is -5.38. The van der Waals surface area contributed by atoms with Gasteiger partial charge >= 0.3 is 0 Å². The maximum Gasteiger partial charge on any atom is 0.149 e. The monoisotopic (exact) mass is 681 g/mol. The van der Waals surface area contributed by atoms with E-state index in [1.165, 1.54) is 33.4 Å². The van der Waals surface area contributed by atoms with Gasteiger partial charge in [0.2, 0.25) is 0 Å². The standard InChI is InChI=1S/C45H32BrNO/c1-45(2)40-16-7-6-12-36(40)37-27-26-34(28-41(37)45)47(32-22-18-30(19-23-32)29-10-4-3-5-11-29)33-24-20-31(21-25-33)35-13-8-14-38-39-15-9-17-42(46)44(39)48-43(35)38/h3-28H,1-2H3. The summed E-state index contributed by atoms with van der Waals surface area (Å²) in [6.45, 7) is 4.68. The van der Waals surface area contributed by atoms with Crippen LogP contribution in [0.4, 0.5) is 17.1 Å². The Morgan fingerprint density at radius 3 is 1.77 bits per heavy atom. The summed E-state index contributed by atoms with van der Waals surface area (Å²) >= 11 is 3.68. The largest absolute Gasteiger partial charge is 0.454 e. The highest BCUT2D eigenvalue weighted by Crippen LogP contribution is 2.50. The summed E-state index contributed by atoms with van der Waals surface area (Å²) in [4.78, 5) is 2.37. The van der Waals surface area contributed by atoms with Gasteiger partial charge in [0.15, 0.2) is 0 Å². The second-order valence-corrected chi connectivity index (χ2v) is 14.0. The van der Waals surface area contributed by atoms with Crippen molar-refractivity contribution in [1.29, 1.82) is 0 Å². The van der Waals surface area contributed by atoms with Crippen LogP contribution in [0.3, 0.4) is 0 Å². The molecule has 2 nitrogen and oxygen atoms in total. The SMILES string of the molecule is CC1(C)c2ccccc2-c2ccc(N(c3ccc(-c4ccccc4)cc3)c3ccc(-c4cccc5c4oc4c(Br)cccc45)cc3)cc21. The van der Waals surface area contributed by atoms with Crippen molar-refractivity contribution in [2.45, 2.75) is 19.3 Å². The zero-order chi connectivity index (χ0) is 32.4. The molecule has 0 saturated heterocycles. The van der Waals surface area contributed by atoms with Crippen LogP contribution in [0.5, 0.6) is 0 Å². The van der Waals surface area contributed by atoms with Crippen LogP contribution in [0.25, 0.3) is 55.3 Å². The highest BCUT2D eigenvalue weighted by Gasteiger charge is 2.35. The van der Waals surface area contributed by atoms with Crippen LogP contribution in [0.1, 0.15) is 25.0 Å². The highest BCUT2D eigenvalue weighted by molar-refractivity contribution is 9.10. The molecule has 0 N–H and O–H groups in total. The lowest BCUT2D eigenvalue weighted by Gasteiger charge is -2.28. The number of halogens is 1. The van der Waals surface area contributed by atoms with Crippen molar-refractivity contribution < 1.29 is 4.42 Å². The fraction of sp³-hybridized carbons (Fsp3) is 0.0667. The van der Waals surface area contributed by atoms with E-state index >= 15 is 0 Å². The molecular formula is C45H32BrNO.